The summed E-state index contributed by atoms with van der Waals surface area (Å²) in [5.74, 6) is 3.05. The highest BCUT2D eigenvalue weighted by Gasteiger charge is 2.32. The summed E-state index contributed by atoms with van der Waals surface area (Å²) in [4.78, 5) is 32.9. The lowest BCUT2D eigenvalue weighted by molar-refractivity contribution is -0.143. The standard InChI is InChI=1S/C21H23N3O3/c1-2-12-24(16-19-7-5-14-27-19)21(26)17-8-9-20(25)23(15-17)13-10-18-6-3-4-11-22-18/h1,3-7,11,14,17H,8-10,12-13,15-16H2. The molecule has 6 nitrogen and oxygen atoms in total. The fourth-order valence-electron chi connectivity index (χ4n) is 3.30. The minimum absolute atomic E-state index is 0.0281. The summed E-state index contributed by atoms with van der Waals surface area (Å²) in [6, 6.07) is 9.34. The Balaban J connectivity index is 1.61. The highest BCUT2D eigenvalue weighted by Crippen LogP contribution is 2.21. The molecule has 0 N–H and O–H groups in total. The zero-order valence-corrected chi connectivity index (χ0v) is 15.2. The predicted octanol–water partition coefficient (Wildman–Crippen LogP) is 2.12. The van der Waals surface area contributed by atoms with Gasteiger partial charge >= 0.3 is 0 Å². The van der Waals surface area contributed by atoms with Crippen molar-refractivity contribution in [3.63, 3.8) is 0 Å². The van der Waals surface area contributed by atoms with Crippen LogP contribution in [0.4, 0.5) is 0 Å². The highest BCUT2D eigenvalue weighted by molar-refractivity contribution is 5.84. The Morgan fingerprint density at radius 1 is 1.37 bits per heavy atom. The lowest BCUT2D eigenvalue weighted by atomic mass is 9.95. The molecule has 2 amide bonds. The molecule has 0 aromatic carbocycles. The third-order valence-corrected chi connectivity index (χ3v) is 4.73. The highest BCUT2D eigenvalue weighted by atomic mass is 16.3. The molecule has 0 saturated carbocycles. The molecule has 6 heteroatoms. The average molecular weight is 365 g/mol. The van der Waals surface area contributed by atoms with Gasteiger partial charge < -0.3 is 14.2 Å². The van der Waals surface area contributed by atoms with E-state index in [0.29, 0.717) is 44.7 Å². The first-order valence-electron chi connectivity index (χ1n) is 9.09. The maximum Gasteiger partial charge on any atom is 0.228 e. The van der Waals surface area contributed by atoms with Crippen molar-refractivity contribution in [3.8, 4) is 12.3 Å². The van der Waals surface area contributed by atoms with Crippen LogP contribution in [0.3, 0.4) is 0 Å². The number of hydrogen-bond donors (Lipinski definition) is 0. The van der Waals surface area contributed by atoms with E-state index in [0.717, 1.165) is 5.69 Å². The van der Waals surface area contributed by atoms with Gasteiger partial charge in [0.2, 0.25) is 11.8 Å². The van der Waals surface area contributed by atoms with E-state index >= 15 is 0 Å². The van der Waals surface area contributed by atoms with Gasteiger partial charge in [0.15, 0.2) is 0 Å². The van der Waals surface area contributed by atoms with Crippen LogP contribution in [0.15, 0.2) is 47.2 Å². The first-order chi connectivity index (χ1) is 13.2. The molecule has 1 aliphatic heterocycles. The number of hydrogen-bond acceptors (Lipinski definition) is 4. The van der Waals surface area contributed by atoms with Crippen molar-refractivity contribution in [3.05, 3.63) is 54.2 Å². The molecule has 0 radical (unpaired) electrons. The zero-order chi connectivity index (χ0) is 19.1. The Morgan fingerprint density at radius 3 is 2.96 bits per heavy atom. The van der Waals surface area contributed by atoms with Gasteiger partial charge in [-0.2, -0.15) is 0 Å². The number of amides is 2. The lowest BCUT2D eigenvalue weighted by Gasteiger charge is -2.34. The van der Waals surface area contributed by atoms with Gasteiger partial charge in [0.05, 0.1) is 25.3 Å². The second kappa shape index (κ2) is 9.04. The summed E-state index contributed by atoms with van der Waals surface area (Å²) >= 11 is 0. The molecule has 1 unspecified atom stereocenters. The third-order valence-electron chi connectivity index (χ3n) is 4.73. The number of aromatic nitrogens is 1. The van der Waals surface area contributed by atoms with Gasteiger partial charge in [-0.1, -0.05) is 12.0 Å². The van der Waals surface area contributed by atoms with Crippen molar-refractivity contribution < 1.29 is 14.0 Å². The molecule has 1 aliphatic rings. The largest absolute Gasteiger partial charge is 0.467 e. The van der Waals surface area contributed by atoms with E-state index in [1.807, 2.05) is 24.3 Å². The topological polar surface area (TPSA) is 66.7 Å². The van der Waals surface area contributed by atoms with Gasteiger partial charge in [0, 0.05) is 37.8 Å². The predicted molar refractivity (Wildman–Crippen MR) is 100 cm³/mol. The fourth-order valence-corrected chi connectivity index (χ4v) is 3.30. The summed E-state index contributed by atoms with van der Waals surface area (Å²) in [7, 11) is 0. The van der Waals surface area contributed by atoms with E-state index in [1.54, 1.807) is 28.3 Å². The van der Waals surface area contributed by atoms with Crippen molar-refractivity contribution in [1.82, 2.24) is 14.8 Å². The van der Waals surface area contributed by atoms with Crippen LogP contribution in [-0.2, 0) is 22.6 Å². The van der Waals surface area contributed by atoms with Crippen molar-refractivity contribution >= 4 is 11.8 Å². The quantitative estimate of drug-likeness (QED) is 0.705. The van der Waals surface area contributed by atoms with Crippen LogP contribution in [0, 0.1) is 18.3 Å². The number of rotatable bonds is 7. The normalized spacial score (nSPS) is 16.8. The summed E-state index contributed by atoms with van der Waals surface area (Å²) in [6.45, 7) is 1.54. The smallest absolute Gasteiger partial charge is 0.228 e. The van der Waals surface area contributed by atoms with Crippen LogP contribution in [0.25, 0.3) is 0 Å². The number of piperidine rings is 1. The fraction of sp³-hybridized carbons (Fsp3) is 0.381. The number of furan rings is 1. The Labute approximate surface area is 159 Å². The molecule has 2 aromatic rings. The number of carbonyl (C=O) groups excluding carboxylic acids is 2. The number of terminal acetylenes is 1. The summed E-state index contributed by atoms with van der Waals surface area (Å²) < 4.78 is 5.34. The first kappa shape index (κ1) is 18.7. The van der Waals surface area contributed by atoms with E-state index < -0.39 is 0 Å². The molecule has 3 rings (SSSR count). The maximum atomic E-state index is 13.0. The number of pyridine rings is 1. The molecule has 1 fully saturated rings. The molecule has 0 spiro atoms. The number of carbonyl (C=O) groups is 2. The maximum absolute atomic E-state index is 13.0. The van der Waals surface area contributed by atoms with Crippen LogP contribution in [0.5, 0.6) is 0 Å². The van der Waals surface area contributed by atoms with Crippen LogP contribution < -0.4 is 0 Å². The Morgan fingerprint density at radius 2 is 2.26 bits per heavy atom. The second-order valence-corrected chi connectivity index (χ2v) is 6.62. The minimum atomic E-state index is -0.241. The van der Waals surface area contributed by atoms with Crippen LogP contribution in [-0.4, -0.2) is 46.2 Å². The molecule has 1 atom stereocenters. The van der Waals surface area contributed by atoms with Gasteiger partial charge in [-0.05, 0) is 30.7 Å². The van der Waals surface area contributed by atoms with Gasteiger partial charge in [-0.15, -0.1) is 6.42 Å². The number of nitrogens with zero attached hydrogens (tertiary/aromatic N) is 3. The summed E-state index contributed by atoms with van der Waals surface area (Å²) in [6.07, 6.45) is 10.4. The minimum Gasteiger partial charge on any atom is -0.467 e. The monoisotopic (exact) mass is 365 g/mol. The lowest BCUT2D eigenvalue weighted by Crippen LogP contribution is -2.47. The second-order valence-electron chi connectivity index (χ2n) is 6.62. The summed E-state index contributed by atoms with van der Waals surface area (Å²) in [5.41, 5.74) is 0.936. The molecular formula is C21H23N3O3. The van der Waals surface area contributed by atoms with Gasteiger partial charge in [0.25, 0.3) is 0 Å². The van der Waals surface area contributed by atoms with Crippen molar-refractivity contribution in [2.75, 3.05) is 19.6 Å². The van der Waals surface area contributed by atoms with E-state index in [-0.39, 0.29) is 24.3 Å². The number of likely N-dealkylation sites (tertiary alicyclic amines) is 1. The first-order valence-corrected chi connectivity index (χ1v) is 9.09. The molecule has 0 bridgehead atoms. The Hall–Kier alpha value is -3.07. The summed E-state index contributed by atoms with van der Waals surface area (Å²) in [5, 5.41) is 0. The van der Waals surface area contributed by atoms with Gasteiger partial charge in [-0.25, -0.2) is 0 Å². The third kappa shape index (κ3) is 4.98. The molecule has 3 heterocycles. The molecular weight excluding hydrogens is 342 g/mol. The van der Waals surface area contributed by atoms with E-state index in [9.17, 15) is 9.59 Å². The molecule has 2 aromatic heterocycles. The van der Waals surface area contributed by atoms with Crippen LogP contribution >= 0.6 is 0 Å². The molecule has 140 valence electrons. The average Bonchev–Trinajstić information content (AvgIpc) is 3.20. The van der Waals surface area contributed by atoms with Gasteiger partial charge in [0.1, 0.15) is 5.76 Å². The Kier molecular flexibility index (Phi) is 6.26. The van der Waals surface area contributed by atoms with Crippen molar-refractivity contribution in [2.45, 2.75) is 25.8 Å². The van der Waals surface area contributed by atoms with Crippen LogP contribution in [0.1, 0.15) is 24.3 Å². The SMILES string of the molecule is C#CCN(Cc1ccco1)C(=O)C1CCC(=O)N(CCc2ccccn2)C1. The zero-order valence-electron chi connectivity index (χ0n) is 15.2. The van der Waals surface area contributed by atoms with Crippen molar-refractivity contribution in [1.29, 1.82) is 0 Å². The van der Waals surface area contributed by atoms with E-state index in [4.69, 9.17) is 10.8 Å². The van der Waals surface area contributed by atoms with Crippen molar-refractivity contribution in [2.24, 2.45) is 5.92 Å². The Bertz CT molecular complexity index is 796. The van der Waals surface area contributed by atoms with Gasteiger partial charge in [-0.3, -0.25) is 14.6 Å². The molecule has 27 heavy (non-hydrogen) atoms. The molecule has 0 aliphatic carbocycles. The molecule has 1 saturated heterocycles. The van der Waals surface area contributed by atoms with E-state index in [1.165, 1.54) is 0 Å². The van der Waals surface area contributed by atoms with Crippen LogP contribution in [0.2, 0.25) is 0 Å². The van der Waals surface area contributed by atoms with E-state index in [2.05, 4.69) is 10.9 Å².